The van der Waals surface area contributed by atoms with E-state index >= 15 is 0 Å². The van der Waals surface area contributed by atoms with Crippen molar-refractivity contribution in [2.24, 2.45) is 0 Å². The van der Waals surface area contributed by atoms with E-state index in [9.17, 15) is 0 Å². The average Bonchev–Trinajstić information content (AvgIpc) is 2.16. The first-order chi connectivity index (χ1) is 6.41. The van der Waals surface area contributed by atoms with Crippen LogP contribution in [-0.4, -0.2) is 31.5 Å². The molecule has 0 aliphatic rings. The third-order valence-electron chi connectivity index (χ3n) is 1.47. The second-order valence-electron chi connectivity index (χ2n) is 2.72. The van der Waals surface area contributed by atoms with Gasteiger partial charge in [-0.3, -0.25) is 0 Å². The Hall–Kier alpha value is -0.540. The fourth-order valence-electron chi connectivity index (χ4n) is 0.757. The summed E-state index contributed by atoms with van der Waals surface area (Å²) < 4.78 is 10.2. The molecule has 0 radical (unpaired) electrons. The number of ether oxygens (including phenoxy) is 2. The van der Waals surface area contributed by atoms with Crippen molar-refractivity contribution >= 4 is 0 Å². The Morgan fingerprint density at radius 1 is 1.23 bits per heavy atom. The first kappa shape index (κ1) is 12.5. The van der Waals surface area contributed by atoms with Crippen LogP contribution >= 0.6 is 0 Å². The van der Waals surface area contributed by atoms with Crippen molar-refractivity contribution in [1.29, 1.82) is 0 Å². The van der Waals surface area contributed by atoms with E-state index in [1.165, 1.54) is 6.42 Å². The molecule has 0 saturated carbocycles. The molecule has 0 aromatic heterocycles. The molecule has 0 aliphatic heterocycles. The first-order valence-electron chi connectivity index (χ1n) is 4.87. The molecule has 0 spiro atoms. The fraction of sp³-hybridized carbons (Fsp3) is 0.800. The Labute approximate surface area is 80.4 Å². The van der Waals surface area contributed by atoms with Crippen LogP contribution in [0.3, 0.4) is 0 Å². The molecule has 0 aliphatic carbocycles. The van der Waals surface area contributed by atoms with E-state index in [-0.39, 0.29) is 6.61 Å². The quantitative estimate of drug-likeness (QED) is 0.442. The number of unbranched alkanes of at least 4 members (excludes halogenated alkanes) is 1. The van der Waals surface area contributed by atoms with Gasteiger partial charge in [0.25, 0.3) is 0 Å². The zero-order chi connectivity index (χ0) is 9.78. The molecular formula is C10H20O3. The van der Waals surface area contributed by atoms with Crippen LogP contribution in [0.25, 0.3) is 0 Å². The van der Waals surface area contributed by atoms with Crippen molar-refractivity contribution in [2.75, 3.05) is 26.4 Å². The number of rotatable bonds is 9. The molecule has 0 atom stereocenters. The minimum Gasteiger partial charge on any atom is -0.499 e. The largest absolute Gasteiger partial charge is 0.499 e. The van der Waals surface area contributed by atoms with Gasteiger partial charge >= 0.3 is 0 Å². The zero-order valence-electron chi connectivity index (χ0n) is 8.37. The summed E-state index contributed by atoms with van der Waals surface area (Å²) in [6.45, 7) is 4.18. The Morgan fingerprint density at radius 2 is 2.08 bits per heavy atom. The third kappa shape index (κ3) is 11.5. The number of hydrogen-bond donors (Lipinski definition) is 1. The van der Waals surface area contributed by atoms with Gasteiger partial charge in [-0.1, -0.05) is 13.3 Å². The van der Waals surface area contributed by atoms with E-state index in [1.807, 2.05) is 6.08 Å². The maximum Gasteiger partial charge on any atom is 0.110 e. The summed E-state index contributed by atoms with van der Waals surface area (Å²) in [6.07, 6.45) is 6.69. The number of aliphatic hydroxyl groups is 1. The summed E-state index contributed by atoms with van der Waals surface area (Å²) in [7, 11) is 0. The molecule has 1 N–H and O–H groups in total. The molecule has 3 heteroatoms. The maximum atomic E-state index is 8.38. The van der Waals surface area contributed by atoms with E-state index < -0.39 is 0 Å². The van der Waals surface area contributed by atoms with Crippen molar-refractivity contribution in [3.63, 3.8) is 0 Å². The molecule has 13 heavy (non-hydrogen) atoms. The Balaban J connectivity index is 2.93. The number of hydrogen-bond acceptors (Lipinski definition) is 3. The van der Waals surface area contributed by atoms with Gasteiger partial charge in [-0.2, -0.15) is 0 Å². The standard InChI is InChI=1S/C10H20O3/c1-2-3-7-12-8-4-5-9-13-10-6-11/h5,9,11H,2-4,6-8,10H2,1H3/b9-5+. The van der Waals surface area contributed by atoms with Gasteiger partial charge in [0.1, 0.15) is 6.61 Å². The average molecular weight is 188 g/mol. The molecule has 0 amide bonds. The molecule has 78 valence electrons. The topological polar surface area (TPSA) is 38.7 Å². The van der Waals surface area contributed by atoms with Gasteiger partial charge in [0.15, 0.2) is 0 Å². The molecule has 0 rings (SSSR count). The Kier molecular flexibility index (Phi) is 11.0. The highest BCUT2D eigenvalue weighted by Crippen LogP contribution is 1.91. The molecule has 0 fully saturated rings. The highest BCUT2D eigenvalue weighted by atomic mass is 16.5. The summed E-state index contributed by atoms with van der Waals surface area (Å²) in [6, 6.07) is 0. The zero-order valence-corrected chi connectivity index (χ0v) is 8.37. The van der Waals surface area contributed by atoms with Crippen LogP contribution in [0.15, 0.2) is 12.3 Å². The third-order valence-corrected chi connectivity index (χ3v) is 1.47. The van der Waals surface area contributed by atoms with Gasteiger partial charge in [0, 0.05) is 6.61 Å². The summed E-state index contributed by atoms with van der Waals surface area (Å²) in [4.78, 5) is 0. The fourth-order valence-corrected chi connectivity index (χ4v) is 0.757. The van der Waals surface area contributed by atoms with E-state index in [1.54, 1.807) is 6.26 Å². The molecule has 0 saturated heterocycles. The van der Waals surface area contributed by atoms with E-state index in [0.717, 1.165) is 26.1 Å². The van der Waals surface area contributed by atoms with Crippen LogP contribution in [0.1, 0.15) is 26.2 Å². The van der Waals surface area contributed by atoms with Crippen LogP contribution in [0.2, 0.25) is 0 Å². The molecule has 0 heterocycles. The van der Waals surface area contributed by atoms with E-state index in [2.05, 4.69) is 6.92 Å². The summed E-state index contributed by atoms with van der Waals surface area (Å²) >= 11 is 0. The molecule has 0 aromatic rings. The van der Waals surface area contributed by atoms with Crippen molar-refractivity contribution in [3.05, 3.63) is 12.3 Å². The van der Waals surface area contributed by atoms with Crippen molar-refractivity contribution in [3.8, 4) is 0 Å². The maximum absolute atomic E-state index is 8.38. The lowest BCUT2D eigenvalue weighted by atomic mass is 10.4. The van der Waals surface area contributed by atoms with Gasteiger partial charge in [-0.05, 0) is 18.9 Å². The number of aliphatic hydroxyl groups excluding tert-OH is 1. The lowest BCUT2D eigenvalue weighted by Gasteiger charge is -1.99. The second-order valence-corrected chi connectivity index (χ2v) is 2.72. The molecule has 3 nitrogen and oxygen atoms in total. The summed E-state index contributed by atoms with van der Waals surface area (Å²) in [5.74, 6) is 0. The van der Waals surface area contributed by atoms with Crippen molar-refractivity contribution in [1.82, 2.24) is 0 Å². The van der Waals surface area contributed by atoms with Crippen LogP contribution in [0.5, 0.6) is 0 Å². The van der Waals surface area contributed by atoms with Crippen LogP contribution in [0.4, 0.5) is 0 Å². The Bertz CT molecular complexity index is 113. The predicted molar refractivity (Wildman–Crippen MR) is 52.5 cm³/mol. The van der Waals surface area contributed by atoms with Crippen LogP contribution in [0, 0.1) is 0 Å². The SMILES string of the molecule is CCCCOCC/C=C/OCCO. The minimum absolute atomic E-state index is 0.0668. The van der Waals surface area contributed by atoms with Gasteiger partial charge in [0.2, 0.25) is 0 Å². The minimum atomic E-state index is 0.0668. The summed E-state index contributed by atoms with van der Waals surface area (Å²) in [5.41, 5.74) is 0. The lowest BCUT2D eigenvalue weighted by Crippen LogP contribution is -1.95. The van der Waals surface area contributed by atoms with Gasteiger partial charge < -0.3 is 14.6 Å². The highest BCUT2D eigenvalue weighted by molar-refractivity contribution is 4.72. The summed E-state index contributed by atoms with van der Waals surface area (Å²) in [5, 5.41) is 8.38. The first-order valence-corrected chi connectivity index (χ1v) is 4.87. The Morgan fingerprint density at radius 3 is 2.77 bits per heavy atom. The van der Waals surface area contributed by atoms with E-state index in [4.69, 9.17) is 14.6 Å². The van der Waals surface area contributed by atoms with Crippen molar-refractivity contribution < 1.29 is 14.6 Å². The molecule has 0 bridgehead atoms. The second kappa shape index (κ2) is 11.5. The van der Waals surface area contributed by atoms with Gasteiger partial charge in [-0.25, -0.2) is 0 Å². The highest BCUT2D eigenvalue weighted by Gasteiger charge is 1.84. The smallest absolute Gasteiger partial charge is 0.110 e. The monoisotopic (exact) mass is 188 g/mol. The van der Waals surface area contributed by atoms with Gasteiger partial charge in [-0.15, -0.1) is 0 Å². The molecule has 0 aromatic carbocycles. The lowest BCUT2D eigenvalue weighted by molar-refractivity contribution is 0.134. The van der Waals surface area contributed by atoms with Crippen LogP contribution < -0.4 is 0 Å². The van der Waals surface area contributed by atoms with Crippen LogP contribution in [-0.2, 0) is 9.47 Å². The van der Waals surface area contributed by atoms with Crippen molar-refractivity contribution in [2.45, 2.75) is 26.2 Å². The van der Waals surface area contributed by atoms with E-state index in [0.29, 0.717) is 6.61 Å². The molecular weight excluding hydrogens is 168 g/mol. The molecule has 0 unspecified atom stereocenters. The predicted octanol–water partition coefficient (Wildman–Crippen LogP) is 1.72. The normalized spacial score (nSPS) is 10.9. The van der Waals surface area contributed by atoms with Gasteiger partial charge in [0.05, 0.1) is 19.5 Å².